The van der Waals surface area contributed by atoms with Crippen LogP contribution in [0.4, 0.5) is 5.69 Å². The highest BCUT2D eigenvalue weighted by molar-refractivity contribution is 6.33. The van der Waals surface area contributed by atoms with Gasteiger partial charge in [0.05, 0.1) is 30.1 Å². The first kappa shape index (κ1) is 24.6. The van der Waals surface area contributed by atoms with E-state index in [-0.39, 0.29) is 18.2 Å². The Morgan fingerprint density at radius 3 is 2.71 bits per heavy atom. The molecule has 2 rings (SSSR count). The number of aliphatic imine (C=N–C) groups is 1. The summed E-state index contributed by atoms with van der Waals surface area (Å²) >= 11 is 6.07. The number of carbonyl (C=O) groups is 2. The number of nitrogens with zero attached hydrogens (tertiary/aromatic N) is 3. The Morgan fingerprint density at radius 2 is 2.06 bits per heavy atom. The zero-order chi connectivity index (χ0) is 22.5. The largest absolute Gasteiger partial charge is 0.390 e. The Kier molecular flexibility index (Phi) is 10.8. The van der Waals surface area contributed by atoms with Crippen molar-refractivity contribution in [2.75, 3.05) is 38.5 Å². The molecule has 1 fully saturated rings. The van der Waals surface area contributed by atoms with E-state index < -0.39 is 0 Å². The number of nitrogens with one attached hydrogen (secondary N) is 2. The van der Waals surface area contributed by atoms with Crippen molar-refractivity contribution in [2.45, 2.75) is 39.0 Å². The van der Waals surface area contributed by atoms with E-state index in [2.05, 4.69) is 33.3 Å². The number of carbonyl (C=O) groups excluding carboxylic acids is 2. The Bertz CT molecular complexity index is 829. The molecule has 1 aromatic rings. The second-order valence-electron chi connectivity index (χ2n) is 7.39. The second-order valence-corrected chi connectivity index (χ2v) is 7.80. The number of halogens is 1. The summed E-state index contributed by atoms with van der Waals surface area (Å²) in [5.74, 6) is -0.0489. The summed E-state index contributed by atoms with van der Waals surface area (Å²) in [6.45, 7) is 5.43. The van der Waals surface area contributed by atoms with Crippen LogP contribution >= 0.6 is 11.6 Å². The lowest BCUT2D eigenvalue weighted by molar-refractivity contribution is -0.580. The van der Waals surface area contributed by atoms with Gasteiger partial charge in [-0.3, -0.25) is 14.6 Å². The maximum atomic E-state index is 12.5. The summed E-state index contributed by atoms with van der Waals surface area (Å²) in [6, 6.07) is 7.10. The number of para-hydroxylation sites is 1. The smallest absolute Gasteiger partial charge is 0.230 e. The van der Waals surface area contributed by atoms with Crippen molar-refractivity contribution < 1.29 is 14.2 Å². The fourth-order valence-corrected chi connectivity index (χ4v) is 3.24. The van der Waals surface area contributed by atoms with Crippen molar-refractivity contribution in [2.24, 2.45) is 4.99 Å². The van der Waals surface area contributed by atoms with E-state index in [1.54, 1.807) is 31.6 Å². The predicted octanol–water partition coefficient (Wildman–Crippen LogP) is 3.31. The molecule has 1 heterocycles. The summed E-state index contributed by atoms with van der Waals surface area (Å²) in [5, 5.41) is 6.26. The van der Waals surface area contributed by atoms with E-state index in [9.17, 15) is 9.59 Å². The van der Waals surface area contributed by atoms with Crippen molar-refractivity contribution in [3.8, 4) is 0 Å². The lowest BCUT2D eigenvalue weighted by atomic mass is 10.2. The SMILES string of the molecule is CCCN(CC=N/C=C(/CC(=O)Nc1ccccc1Cl)NC)C(=O)CCC=[N+]1CCC1. The summed E-state index contributed by atoms with van der Waals surface area (Å²) in [4.78, 5) is 30.9. The van der Waals surface area contributed by atoms with Crippen LogP contribution in [0.5, 0.6) is 0 Å². The van der Waals surface area contributed by atoms with Crippen LogP contribution in [-0.4, -0.2) is 66.9 Å². The second kappa shape index (κ2) is 13.6. The summed E-state index contributed by atoms with van der Waals surface area (Å²) in [7, 11) is 1.74. The standard InChI is InChI=1S/C23H32ClN5O2/c1-3-12-29(23(31)10-6-13-28-14-7-15-28)16-11-26-18-19(25-2)17-22(30)27-21-9-5-4-8-20(21)24/h4-5,8-9,11,13,18,25H,3,6-7,10,12,14-17H2,1-2H3/p+1/b19-18-,26-11?. The molecule has 7 nitrogen and oxygen atoms in total. The maximum absolute atomic E-state index is 12.5. The number of amides is 2. The van der Waals surface area contributed by atoms with E-state index in [4.69, 9.17) is 11.6 Å². The highest BCUT2D eigenvalue weighted by Gasteiger charge is 2.16. The molecular weight excluding hydrogens is 414 g/mol. The molecule has 0 saturated carbocycles. The molecule has 1 saturated heterocycles. The minimum atomic E-state index is -0.190. The molecule has 0 atom stereocenters. The summed E-state index contributed by atoms with van der Waals surface area (Å²) in [5.41, 5.74) is 1.24. The Balaban J connectivity index is 1.83. The van der Waals surface area contributed by atoms with Crippen LogP contribution in [0.15, 0.2) is 41.2 Å². The van der Waals surface area contributed by atoms with Gasteiger partial charge in [-0.1, -0.05) is 30.7 Å². The van der Waals surface area contributed by atoms with Gasteiger partial charge in [-0.05, 0) is 18.6 Å². The van der Waals surface area contributed by atoms with Crippen molar-refractivity contribution >= 4 is 41.5 Å². The van der Waals surface area contributed by atoms with Gasteiger partial charge in [-0.25, -0.2) is 4.58 Å². The van der Waals surface area contributed by atoms with Crippen LogP contribution in [0.3, 0.4) is 0 Å². The number of benzene rings is 1. The molecule has 1 aliphatic heterocycles. The zero-order valence-electron chi connectivity index (χ0n) is 18.4. The van der Waals surface area contributed by atoms with E-state index in [0.717, 1.165) is 25.9 Å². The predicted molar refractivity (Wildman–Crippen MR) is 127 cm³/mol. The summed E-state index contributed by atoms with van der Waals surface area (Å²) < 4.78 is 2.25. The molecule has 0 aromatic heterocycles. The molecule has 31 heavy (non-hydrogen) atoms. The molecule has 1 aromatic carbocycles. The van der Waals surface area contributed by atoms with Crippen LogP contribution in [0, 0.1) is 0 Å². The van der Waals surface area contributed by atoms with Gasteiger partial charge < -0.3 is 15.5 Å². The third kappa shape index (κ3) is 8.92. The van der Waals surface area contributed by atoms with Crippen LogP contribution in [-0.2, 0) is 9.59 Å². The lowest BCUT2D eigenvalue weighted by Gasteiger charge is -2.19. The van der Waals surface area contributed by atoms with E-state index in [1.807, 2.05) is 17.0 Å². The average molecular weight is 447 g/mol. The van der Waals surface area contributed by atoms with Gasteiger partial charge in [0, 0.05) is 44.5 Å². The molecular formula is C23H33ClN5O2+. The first-order valence-corrected chi connectivity index (χ1v) is 11.2. The number of hydrogen-bond acceptors (Lipinski definition) is 4. The van der Waals surface area contributed by atoms with E-state index in [1.165, 1.54) is 6.42 Å². The number of rotatable bonds is 12. The fraction of sp³-hybridized carbons (Fsp3) is 0.478. The molecule has 0 bridgehead atoms. The van der Waals surface area contributed by atoms with Crippen LogP contribution < -0.4 is 10.6 Å². The molecule has 0 spiro atoms. The molecule has 8 heteroatoms. The van der Waals surface area contributed by atoms with Crippen LogP contribution in [0.2, 0.25) is 5.02 Å². The quantitative estimate of drug-likeness (QED) is 0.382. The monoisotopic (exact) mass is 446 g/mol. The first-order valence-electron chi connectivity index (χ1n) is 10.8. The number of hydrogen-bond donors (Lipinski definition) is 2. The Labute approximate surface area is 189 Å². The van der Waals surface area contributed by atoms with Gasteiger partial charge >= 0.3 is 0 Å². The first-order chi connectivity index (χ1) is 15.0. The van der Waals surface area contributed by atoms with E-state index in [0.29, 0.717) is 35.9 Å². The molecule has 2 N–H and O–H groups in total. The van der Waals surface area contributed by atoms with Gasteiger partial charge in [0.15, 0.2) is 0 Å². The van der Waals surface area contributed by atoms with Crippen LogP contribution in [0.1, 0.15) is 39.0 Å². The summed E-state index contributed by atoms with van der Waals surface area (Å²) in [6.07, 6.45) is 9.03. The normalized spacial score (nSPS) is 13.6. The molecule has 2 amide bonds. The minimum absolute atomic E-state index is 0.141. The van der Waals surface area contributed by atoms with Crippen molar-refractivity contribution in [3.05, 3.63) is 41.2 Å². The van der Waals surface area contributed by atoms with Crippen molar-refractivity contribution in [1.29, 1.82) is 0 Å². The molecule has 168 valence electrons. The van der Waals surface area contributed by atoms with Gasteiger partial charge in [0.1, 0.15) is 19.3 Å². The molecule has 0 unspecified atom stereocenters. The molecule has 0 aliphatic carbocycles. The highest BCUT2D eigenvalue weighted by Crippen LogP contribution is 2.20. The van der Waals surface area contributed by atoms with Crippen molar-refractivity contribution in [1.82, 2.24) is 10.2 Å². The Morgan fingerprint density at radius 1 is 1.29 bits per heavy atom. The third-order valence-electron chi connectivity index (χ3n) is 4.94. The Hall–Kier alpha value is -2.67. The van der Waals surface area contributed by atoms with Crippen LogP contribution in [0.25, 0.3) is 0 Å². The molecule has 0 radical (unpaired) electrons. The van der Waals surface area contributed by atoms with Gasteiger partial charge in [-0.15, -0.1) is 0 Å². The van der Waals surface area contributed by atoms with Gasteiger partial charge in [0.25, 0.3) is 0 Å². The fourth-order valence-electron chi connectivity index (χ4n) is 3.06. The topological polar surface area (TPSA) is 76.8 Å². The maximum Gasteiger partial charge on any atom is 0.230 e. The lowest BCUT2D eigenvalue weighted by Crippen LogP contribution is -2.34. The molecule has 1 aliphatic rings. The highest BCUT2D eigenvalue weighted by atomic mass is 35.5. The van der Waals surface area contributed by atoms with Crippen molar-refractivity contribution in [3.63, 3.8) is 0 Å². The minimum Gasteiger partial charge on any atom is -0.390 e. The number of anilines is 1. The van der Waals surface area contributed by atoms with Gasteiger partial charge in [0.2, 0.25) is 11.8 Å². The van der Waals surface area contributed by atoms with E-state index >= 15 is 0 Å². The zero-order valence-corrected chi connectivity index (χ0v) is 19.2. The third-order valence-corrected chi connectivity index (χ3v) is 5.27. The average Bonchev–Trinajstić information content (AvgIpc) is 2.72. The van der Waals surface area contributed by atoms with Gasteiger partial charge in [-0.2, -0.15) is 0 Å².